The molecule has 180 valence electrons. The lowest BCUT2D eigenvalue weighted by Crippen LogP contribution is -2.19. The SMILES string of the molecule is CCCc1cc(C(F)(F)F)ccc1C1CCOc2cc(S(=O)(=O)Nc3cccc(F)n3)ccc21. The van der Waals surface area contributed by atoms with Crippen LogP contribution in [-0.4, -0.2) is 20.0 Å². The summed E-state index contributed by atoms with van der Waals surface area (Å²) in [5.74, 6) is -0.877. The van der Waals surface area contributed by atoms with Gasteiger partial charge < -0.3 is 4.74 Å². The van der Waals surface area contributed by atoms with Crippen LogP contribution in [0.4, 0.5) is 23.4 Å². The number of nitrogens with one attached hydrogen (secondary N) is 1. The molecule has 0 fully saturated rings. The van der Waals surface area contributed by atoms with E-state index >= 15 is 0 Å². The summed E-state index contributed by atoms with van der Waals surface area (Å²) in [6.07, 6.45) is -2.71. The van der Waals surface area contributed by atoms with E-state index in [0.717, 1.165) is 17.7 Å². The molecule has 10 heteroatoms. The van der Waals surface area contributed by atoms with E-state index in [1.165, 1.54) is 36.4 Å². The van der Waals surface area contributed by atoms with Crippen molar-refractivity contribution in [3.63, 3.8) is 0 Å². The Bertz CT molecular complexity index is 1310. The standard InChI is InChI=1S/C24H22F4N2O3S/c1-2-4-15-13-16(24(26,27)28)7-9-18(15)19-11-12-33-21-14-17(8-10-20(19)21)34(31,32)30-23-6-3-5-22(25)29-23/h3,5-10,13-14,19H,2,4,11-12H2,1H3,(H,29,30). The molecule has 0 bridgehead atoms. The van der Waals surface area contributed by atoms with Crippen molar-refractivity contribution >= 4 is 15.8 Å². The number of hydrogen-bond donors (Lipinski definition) is 1. The highest BCUT2D eigenvalue weighted by atomic mass is 32.2. The first-order valence-corrected chi connectivity index (χ1v) is 12.2. The van der Waals surface area contributed by atoms with Gasteiger partial charge in [-0.05, 0) is 54.3 Å². The van der Waals surface area contributed by atoms with Gasteiger partial charge >= 0.3 is 6.18 Å². The number of aryl methyl sites for hydroxylation is 1. The summed E-state index contributed by atoms with van der Waals surface area (Å²) >= 11 is 0. The molecule has 4 rings (SSSR count). The molecule has 2 heterocycles. The van der Waals surface area contributed by atoms with E-state index in [1.807, 2.05) is 6.92 Å². The molecule has 2 aromatic carbocycles. The van der Waals surface area contributed by atoms with Crippen LogP contribution in [0.25, 0.3) is 0 Å². The minimum absolute atomic E-state index is 0.0980. The number of fused-ring (bicyclic) bond motifs is 1. The average molecular weight is 495 g/mol. The van der Waals surface area contributed by atoms with Gasteiger partial charge in [0, 0.05) is 17.5 Å². The maximum atomic E-state index is 13.3. The van der Waals surface area contributed by atoms with Crippen molar-refractivity contribution in [2.24, 2.45) is 0 Å². The summed E-state index contributed by atoms with van der Waals surface area (Å²) in [6, 6.07) is 11.9. The molecule has 0 spiro atoms. The van der Waals surface area contributed by atoms with E-state index in [0.29, 0.717) is 36.1 Å². The molecule has 1 aliphatic rings. The van der Waals surface area contributed by atoms with Crippen molar-refractivity contribution in [3.8, 4) is 5.75 Å². The Morgan fingerprint density at radius 3 is 2.56 bits per heavy atom. The Morgan fingerprint density at radius 2 is 1.85 bits per heavy atom. The molecule has 0 radical (unpaired) electrons. The van der Waals surface area contributed by atoms with Gasteiger partial charge in [-0.3, -0.25) is 4.72 Å². The molecule has 1 unspecified atom stereocenters. The van der Waals surface area contributed by atoms with Crippen LogP contribution in [0.3, 0.4) is 0 Å². The van der Waals surface area contributed by atoms with E-state index in [1.54, 1.807) is 6.07 Å². The fourth-order valence-corrected chi connectivity index (χ4v) is 5.15. The molecule has 1 aromatic heterocycles. The van der Waals surface area contributed by atoms with E-state index in [2.05, 4.69) is 9.71 Å². The molecular formula is C24H22F4N2O3S. The summed E-state index contributed by atoms with van der Waals surface area (Å²) in [5, 5.41) is 0. The van der Waals surface area contributed by atoms with Crippen LogP contribution in [0.5, 0.6) is 5.75 Å². The van der Waals surface area contributed by atoms with Gasteiger partial charge in [-0.2, -0.15) is 17.6 Å². The van der Waals surface area contributed by atoms with E-state index in [4.69, 9.17) is 4.74 Å². The van der Waals surface area contributed by atoms with Gasteiger partial charge in [-0.1, -0.05) is 31.5 Å². The zero-order valence-corrected chi connectivity index (χ0v) is 19.0. The van der Waals surface area contributed by atoms with Gasteiger partial charge in [0.1, 0.15) is 11.6 Å². The molecule has 5 nitrogen and oxygen atoms in total. The number of nitrogens with zero attached hydrogens (tertiary/aromatic N) is 1. The molecule has 0 saturated carbocycles. The summed E-state index contributed by atoms with van der Waals surface area (Å²) in [7, 11) is -4.07. The maximum absolute atomic E-state index is 13.3. The van der Waals surface area contributed by atoms with Crippen LogP contribution in [0.2, 0.25) is 0 Å². The van der Waals surface area contributed by atoms with Crippen LogP contribution < -0.4 is 9.46 Å². The predicted molar refractivity (Wildman–Crippen MR) is 119 cm³/mol. The number of aromatic nitrogens is 1. The first-order chi connectivity index (χ1) is 16.1. The Morgan fingerprint density at radius 1 is 1.09 bits per heavy atom. The third-order valence-electron chi connectivity index (χ3n) is 5.65. The third-order valence-corrected chi connectivity index (χ3v) is 7.01. The number of anilines is 1. The second-order valence-corrected chi connectivity index (χ2v) is 9.68. The van der Waals surface area contributed by atoms with Crippen molar-refractivity contribution in [1.29, 1.82) is 0 Å². The Labute approximate surface area is 194 Å². The van der Waals surface area contributed by atoms with Gasteiger partial charge in [-0.15, -0.1) is 0 Å². The number of sulfonamides is 1. The molecule has 1 N–H and O–H groups in total. The van der Waals surface area contributed by atoms with Crippen molar-refractivity contribution in [2.75, 3.05) is 11.3 Å². The lowest BCUT2D eigenvalue weighted by atomic mass is 9.82. The fraction of sp³-hybridized carbons (Fsp3) is 0.292. The van der Waals surface area contributed by atoms with Gasteiger partial charge in [0.2, 0.25) is 5.95 Å². The van der Waals surface area contributed by atoms with E-state index < -0.39 is 27.7 Å². The van der Waals surface area contributed by atoms with Gasteiger partial charge in [0.15, 0.2) is 0 Å². The van der Waals surface area contributed by atoms with Gasteiger partial charge in [0.05, 0.1) is 17.1 Å². The number of benzene rings is 2. The molecule has 1 aliphatic heterocycles. The average Bonchev–Trinajstić information content (AvgIpc) is 2.78. The second kappa shape index (κ2) is 9.25. The molecular weight excluding hydrogens is 472 g/mol. The molecule has 0 amide bonds. The number of hydrogen-bond acceptors (Lipinski definition) is 4. The van der Waals surface area contributed by atoms with Crippen LogP contribution in [0, 0.1) is 5.95 Å². The highest BCUT2D eigenvalue weighted by Gasteiger charge is 2.33. The summed E-state index contributed by atoms with van der Waals surface area (Å²) in [5.41, 5.74) is 1.40. The molecule has 0 aliphatic carbocycles. The zero-order chi connectivity index (χ0) is 24.5. The monoisotopic (exact) mass is 494 g/mol. The molecule has 34 heavy (non-hydrogen) atoms. The lowest BCUT2D eigenvalue weighted by Gasteiger charge is -2.29. The first kappa shape index (κ1) is 24.0. The second-order valence-electron chi connectivity index (χ2n) is 8.00. The smallest absolute Gasteiger partial charge is 0.416 e. The quantitative estimate of drug-likeness (QED) is 0.342. The summed E-state index contributed by atoms with van der Waals surface area (Å²) in [6.45, 7) is 2.19. The van der Waals surface area contributed by atoms with E-state index in [-0.39, 0.29) is 23.2 Å². The summed E-state index contributed by atoms with van der Waals surface area (Å²) < 4.78 is 86.6. The first-order valence-electron chi connectivity index (χ1n) is 10.7. The van der Waals surface area contributed by atoms with Crippen LogP contribution in [0.1, 0.15) is 47.9 Å². The number of ether oxygens (including phenoxy) is 1. The normalized spacial score (nSPS) is 16.0. The van der Waals surface area contributed by atoms with Crippen molar-refractivity contribution in [2.45, 2.75) is 43.2 Å². The Balaban J connectivity index is 1.69. The van der Waals surface area contributed by atoms with Gasteiger partial charge in [-0.25, -0.2) is 13.4 Å². The number of alkyl halides is 3. The number of halogens is 4. The minimum atomic E-state index is -4.43. The molecule has 3 aromatic rings. The highest BCUT2D eigenvalue weighted by molar-refractivity contribution is 7.92. The summed E-state index contributed by atoms with van der Waals surface area (Å²) in [4.78, 5) is 3.41. The van der Waals surface area contributed by atoms with Gasteiger partial charge in [0.25, 0.3) is 10.0 Å². The van der Waals surface area contributed by atoms with Crippen LogP contribution >= 0.6 is 0 Å². The fourth-order valence-electron chi connectivity index (χ4n) is 4.13. The van der Waals surface area contributed by atoms with Crippen LogP contribution in [-0.2, 0) is 22.6 Å². The van der Waals surface area contributed by atoms with Crippen molar-refractivity contribution < 1.29 is 30.7 Å². The third kappa shape index (κ3) is 5.01. The molecule has 1 atom stereocenters. The highest BCUT2D eigenvalue weighted by Crippen LogP contribution is 2.42. The molecule has 0 saturated heterocycles. The van der Waals surface area contributed by atoms with Crippen LogP contribution in [0.15, 0.2) is 59.5 Å². The van der Waals surface area contributed by atoms with Crippen molar-refractivity contribution in [3.05, 3.63) is 82.8 Å². The largest absolute Gasteiger partial charge is 0.493 e. The zero-order valence-electron chi connectivity index (χ0n) is 18.2. The van der Waals surface area contributed by atoms with E-state index in [9.17, 15) is 26.0 Å². The number of rotatable bonds is 6. The maximum Gasteiger partial charge on any atom is 0.416 e. The topological polar surface area (TPSA) is 68.3 Å². The number of pyridine rings is 1. The predicted octanol–water partition coefficient (Wildman–Crippen LogP) is 5.91. The Hall–Kier alpha value is -3.14. The minimum Gasteiger partial charge on any atom is -0.493 e. The van der Waals surface area contributed by atoms with Crippen molar-refractivity contribution in [1.82, 2.24) is 4.98 Å². The Kier molecular flexibility index (Phi) is 6.53. The lowest BCUT2D eigenvalue weighted by molar-refractivity contribution is -0.137.